The molecule has 2 aromatic rings. The van der Waals surface area contributed by atoms with Crippen molar-refractivity contribution in [3.63, 3.8) is 0 Å². The minimum Gasteiger partial charge on any atom is -0.333 e. The molecule has 6 nitrogen and oxygen atoms in total. The van der Waals surface area contributed by atoms with E-state index in [2.05, 4.69) is 33.6 Å². The fourth-order valence-electron chi connectivity index (χ4n) is 1.36. The van der Waals surface area contributed by atoms with E-state index in [1.807, 2.05) is 6.92 Å². The number of hydrogen-bond acceptors (Lipinski definition) is 7. The first kappa shape index (κ1) is 12.1. The quantitative estimate of drug-likeness (QED) is 0.893. The molecule has 0 saturated heterocycles. The standard InChI is InChI=1S/C10H15N5OS/c1-5(2)7-8(17-15-13-7)10-12-9(14-16-10)6(3)4-11/h5-6H,4,11H2,1-3H3. The van der Waals surface area contributed by atoms with E-state index in [9.17, 15) is 0 Å². The molecule has 1 atom stereocenters. The molecule has 0 aromatic carbocycles. The van der Waals surface area contributed by atoms with Crippen LogP contribution in [0.4, 0.5) is 0 Å². The second-order valence-corrected chi connectivity index (χ2v) is 4.99. The van der Waals surface area contributed by atoms with Crippen LogP contribution in [0.5, 0.6) is 0 Å². The van der Waals surface area contributed by atoms with Crippen LogP contribution >= 0.6 is 11.5 Å². The molecule has 0 fully saturated rings. The zero-order valence-electron chi connectivity index (χ0n) is 10.0. The van der Waals surface area contributed by atoms with Gasteiger partial charge in [0.2, 0.25) is 0 Å². The number of rotatable bonds is 4. The molecule has 0 radical (unpaired) electrons. The van der Waals surface area contributed by atoms with Crippen LogP contribution in [0.1, 0.15) is 44.1 Å². The summed E-state index contributed by atoms with van der Waals surface area (Å²) in [5, 5.41) is 8.01. The molecule has 7 heteroatoms. The monoisotopic (exact) mass is 253 g/mol. The molecule has 92 valence electrons. The number of aromatic nitrogens is 4. The molecule has 0 aliphatic rings. The molecule has 0 aliphatic heterocycles. The maximum atomic E-state index is 5.57. The van der Waals surface area contributed by atoms with Crippen molar-refractivity contribution in [2.75, 3.05) is 6.54 Å². The van der Waals surface area contributed by atoms with Gasteiger partial charge in [0.15, 0.2) is 5.82 Å². The third-order valence-corrected chi connectivity index (χ3v) is 3.22. The van der Waals surface area contributed by atoms with E-state index in [1.54, 1.807) is 0 Å². The second kappa shape index (κ2) is 4.89. The number of nitrogens with zero attached hydrogens (tertiary/aromatic N) is 4. The summed E-state index contributed by atoms with van der Waals surface area (Å²) in [6.07, 6.45) is 0. The highest BCUT2D eigenvalue weighted by Crippen LogP contribution is 2.29. The van der Waals surface area contributed by atoms with Crippen LogP contribution in [0.2, 0.25) is 0 Å². The lowest BCUT2D eigenvalue weighted by atomic mass is 10.1. The van der Waals surface area contributed by atoms with Gasteiger partial charge >= 0.3 is 0 Å². The number of nitrogens with two attached hydrogens (primary N) is 1. The van der Waals surface area contributed by atoms with E-state index < -0.39 is 0 Å². The predicted molar refractivity (Wildman–Crippen MR) is 64.8 cm³/mol. The van der Waals surface area contributed by atoms with E-state index in [-0.39, 0.29) is 11.8 Å². The zero-order chi connectivity index (χ0) is 12.4. The summed E-state index contributed by atoms with van der Waals surface area (Å²) in [5.41, 5.74) is 6.46. The Balaban J connectivity index is 2.34. The fraction of sp³-hybridized carbons (Fsp3) is 0.600. The lowest BCUT2D eigenvalue weighted by Gasteiger charge is -2.00. The molecular weight excluding hydrogens is 238 g/mol. The molecule has 0 spiro atoms. The lowest BCUT2D eigenvalue weighted by molar-refractivity contribution is 0.418. The van der Waals surface area contributed by atoms with Crippen molar-refractivity contribution in [2.45, 2.75) is 32.6 Å². The average molecular weight is 253 g/mol. The Morgan fingerprint density at radius 1 is 1.35 bits per heavy atom. The molecule has 0 amide bonds. The van der Waals surface area contributed by atoms with Crippen molar-refractivity contribution >= 4 is 11.5 Å². The fourth-order valence-corrected chi connectivity index (χ4v) is 2.10. The number of hydrogen-bond donors (Lipinski definition) is 1. The van der Waals surface area contributed by atoms with Gasteiger partial charge in [0.1, 0.15) is 4.88 Å². The van der Waals surface area contributed by atoms with E-state index in [4.69, 9.17) is 10.3 Å². The minimum absolute atomic E-state index is 0.0934. The second-order valence-electron chi connectivity index (χ2n) is 4.24. The van der Waals surface area contributed by atoms with Crippen molar-refractivity contribution in [3.05, 3.63) is 11.5 Å². The average Bonchev–Trinajstić information content (AvgIpc) is 2.95. The van der Waals surface area contributed by atoms with Crippen LogP contribution in [0.3, 0.4) is 0 Å². The Hall–Kier alpha value is -1.34. The first-order chi connectivity index (χ1) is 8.13. The highest BCUT2D eigenvalue weighted by Gasteiger charge is 2.20. The van der Waals surface area contributed by atoms with Gasteiger partial charge in [-0.3, -0.25) is 0 Å². The van der Waals surface area contributed by atoms with Gasteiger partial charge in [-0.05, 0) is 17.5 Å². The van der Waals surface area contributed by atoms with Crippen LogP contribution in [-0.4, -0.2) is 26.3 Å². The van der Waals surface area contributed by atoms with Gasteiger partial charge in [0.25, 0.3) is 5.89 Å². The Bertz CT molecular complexity index is 492. The summed E-state index contributed by atoms with van der Waals surface area (Å²) >= 11 is 1.28. The summed E-state index contributed by atoms with van der Waals surface area (Å²) in [6, 6.07) is 0. The van der Waals surface area contributed by atoms with Gasteiger partial charge in [-0.2, -0.15) is 4.98 Å². The van der Waals surface area contributed by atoms with Crippen LogP contribution in [0.25, 0.3) is 10.8 Å². The minimum atomic E-state index is 0.0934. The van der Waals surface area contributed by atoms with Gasteiger partial charge in [0, 0.05) is 12.5 Å². The maximum Gasteiger partial charge on any atom is 0.271 e. The molecule has 0 bridgehead atoms. The molecule has 17 heavy (non-hydrogen) atoms. The van der Waals surface area contributed by atoms with Gasteiger partial charge in [-0.15, -0.1) is 5.10 Å². The third kappa shape index (κ3) is 2.34. The van der Waals surface area contributed by atoms with Crippen molar-refractivity contribution in [2.24, 2.45) is 5.73 Å². The maximum absolute atomic E-state index is 5.57. The smallest absolute Gasteiger partial charge is 0.271 e. The molecule has 2 heterocycles. The highest BCUT2D eigenvalue weighted by atomic mass is 32.1. The summed E-state index contributed by atoms with van der Waals surface area (Å²) in [7, 11) is 0. The van der Waals surface area contributed by atoms with Gasteiger partial charge in [-0.1, -0.05) is 30.4 Å². The van der Waals surface area contributed by atoms with Crippen LogP contribution in [0, 0.1) is 0 Å². The molecule has 2 aromatic heterocycles. The van der Waals surface area contributed by atoms with E-state index in [0.29, 0.717) is 18.3 Å². The van der Waals surface area contributed by atoms with E-state index >= 15 is 0 Å². The Labute approximate surface area is 103 Å². The lowest BCUT2D eigenvalue weighted by Crippen LogP contribution is -2.10. The van der Waals surface area contributed by atoms with Crippen LogP contribution in [0.15, 0.2) is 4.52 Å². The first-order valence-corrected chi connectivity index (χ1v) is 6.27. The zero-order valence-corrected chi connectivity index (χ0v) is 10.9. The largest absolute Gasteiger partial charge is 0.333 e. The topological polar surface area (TPSA) is 90.7 Å². The highest BCUT2D eigenvalue weighted by molar-refractivity contribution is 7.09. The molecule has 0 aliphatic carbocycles. The van der Waals surface area contributed by atoms with Gasteiger partial charge in [-0.25, -0.2) is 0 Å². The van der Waals surface area contributed by atoms with Crippen molar-refractivity contribution in [1.82, 2.24) is 19.7 Å². The first-order valence-electron chi connectivity index (χ1n) is 5.49. The summed E-state index contributed by atoms with van der Waals surface area (Å²) in [4.78, 5) is 5.19. The SMILES string of the molecule is CC(C)c1nnsc1-c1nc(C(C)CN)no1. The third-order valence-electron chi connectivity index (χ3n) is 2.49. The molecular formula is C10H15N5OS. The normalized spacial score (nSPS) is 13.2. The van der Waals surface area contributed by atoms with Crippen LogP contribution < -0.4 is 5.73 Å². The van der Waals surface area contributed by atoms with Crippen molar-refractivity contribution in [1.29, 1.82) is 0 Å². The molecule has 1 unspecified atom stereocenters. The van der Waals surface area contributed by atoms with E-state index in [0.717, 1.165) is 10.6 Å². The Morgan fingerprint density at radius 2 is 2.12 bits per heavy atom. The van der Waals surface area contributed by atoms with E-state index in [1.165, 1.54) is 11.5 Å². The van der Waals surface area contributed by atoms with Crippen molar-refractivity contribution in [3.8, 4) is 10.8 Å². The predicted octanol–water partition coefficient (Wildman–Crippen LogP) is 1.77. The van der Waals surface area contributed by atoms with Gasteiger partial charge < -0.3 is 10.3 Å². The van der Waals surface area contributed by atoms with Crippen LogP contribution in [-0.2, 0) is 0 Å². The van der Waals surface area contributed by atoms with Crippen molar-refractivity contribution < 1.29 is 4.52 Å². The summed E-state index contributed by atoms with van der Waals surface area (Å²) in [6.45, 7) is 6.57. The molecule has 0 saturated carbocycles. The Morgan fingerprint density at radius 3 is 2.76 bits per heavy atom. The Kier molecular flexibility index (Phi) is 3.49. The molecule has 2 N–H and O–H groups in total. The summed E-state index contributed by atoms with van der Waals surface area (Å²) < 4.78 is 9.17. The van der Waals surface area contributed by atoms with Gasteiger partial charge in [0.05, 0.1) is 5.69 Å². The summed E-state index contributed by atoms with van der Waals surface area (Å²) in [5.74, 6) is 1.49. The molecule has 2 rings (SSSR count).